The summed E-state index contributed by atoms with van der Waals surface area (Å²) in [5.74, 6) is 0.783. The maximum atomic E-state index is 11.8. The van der Waals surface area contributed by atoms with Gasteiger partial charge in [0.05, 0.1) is 18.3 Å². The molecular weight excluding hydrogens is 403 g/mol. The van der Waals surface area contributed by atoms with Gasteiger partial charge < -0.3 is 9.47 Å². The summed E-state index contributed by atoms with van der Waals surface area (Å²) in [5.41, 5.74) is 4.28. The van der Waals surface area contributed by atoms with Crippen molar-refractivity contribution >= 4 is 35.3 Å². The summed E-state index contributed by atoms with van der Waals surface area (Å²) in [5, 5.41) is 11.2. The third-order valence-electron chi connectivity index (χ3n) is 3.71. The average Bonchev–Trinajstić information content (AvgIpc) is 3.22. The molecule has 0 aliphatic heterocycles. The third-order valence-corrected chi connectivity index (χ3v) is 4.24. The fourth-order valence-corrected chi connectivity index (χ4v) is 2.81. The Morgan fingerprint density at radius 2 is 2.04 bits per heavy atom. The highest BCUT2D eigenvalue weighted by Gasteiger charge is 2.08. The van der Waals surface area contributed by atoms with Crippen LogP contribution in [0, 0.1) is 0 Å². The van der Waals surface area contributed by atoms with E-state index in [1.807, 2.05) is 12.1 Å². The molecule has 0 atom stereocenters. The first-order valence-corrected chi connectivity index (χ1v) is 8.90. The molecule has 0 radical (unpaired) electrons. The van der Waals surface area contributed by atoms with Crippen molar-refractivity contribution in [2.24, 2.45) is 5.10 Å². The number of halogens is 2. The fourth-order valence-electron chi connectivity index (χ4n) is 2.35. The van der Waals surface area contributed by atoms with Crippen molar-refractivity contribution in [3.05, 3.63) is 75.5 Å². The number of hydrogen-bond acceptors (Lipinski definition) is 5. The Kier molecular flexibility index (Phi) is 6.52. The predicted octanol–water partition coefficient (Wildman–Crippen LogP) is 4.07. The van der Waals surface area contributed by atoms with E-state index < -0.39 is 0 Å². The van der Waals surface area contributed by atoms with E-state index in [0.717, 1.165) is 11.1 Å². The molecule has 0 fully saturated rings. The molecular formula is C19H16Cl2N4O3. The van der Waals surface area contributed by atoms with Crippen LogP contribution in [0.4, 0.5) is 0 Å². The average molecular weight is 419 g/mol. The molecule has 0 aliphatic rings. The number of benzene rings is 2. The van der Waals surface area contributed by atoms with Gasteiger partial charge in [-0.1, -0.05) is 23.2 Å². The molecule has 1 heterocycles. The Morgan fingerprint density at radius 1 is 1.21 bits per heavy atom. The second kappa shape index (κ2) is 9.25. The summed E-state index contributed by atoms with van der Waals surface area (Å²) in [6.07, 6.45) is 3.01. The van der Waals surface area contributed by atoms with Gasteiger partial charge >= 0.3 is 0 Å². The molecule has 144 valence electrons. The van der Waals surface area contributed by atoms with Gasteiger partial charge in [0.15, 0.2) is 0 Å². The van der Waals surface area contributed by atoms with Crippen LogP contribution in [-0.2, 0) is 6.61 Å². The van der Waals surface area contributed by atoms with Crippen molar-refractivity contribution in [1.82, 2.24) is 15.6 Å². The summed E-state index contributed by atoms with van der Waals surface area (Å²) in [6, 6.07) is 12.0. The predicted molar refractivity (Wildman–Crippen MR) is 107 cm³/mol. The van der Waals surface area contributed by atoms with Crippen LogP contribution in [0.25, 0.3) is 0 Å². The summed E-state index contributed by atoms with van der Waals surface area (Å²) in [7, 11) is 1.58. The van der Waals surface area contributed by atoms with Crippen molar-refractivity contribution in [3.63, 3.8) is 0 Å². The highest BCUT2D eigenvalue weighted by Crippen LogP contribution is 2.29. The molecule has 0 bridgehead atoms. The second-order valence-corrected chi connectivity index (χ2v) is 6.45. The Balaban J connectivity index is 1.69. The molecule has 3 rings (SSSR count). The molecule has 2 N–H and O–H groups in total. The molecule has 7 nitrogen and oxygen atoms in total. The number of hydrazone groups is 1. The second-order valence-electron chi connectivity index (χ2n) is 5.60. The monoisotopic (exact) mass is 418 g/mol. The number of ether oxygens (including phenoxy) is 2. The highest BCUT2D eigenvalue weighted by atomic mass is 35.5. The molecule has 0 unspecified atom stereocenters. The number of aromatic amines is 1. The lowest BCUT2D eigenvalue weighted by Crippen LogP contribution is -2.18. The van der Waals surface area contributed by atoms with Gasteiger partial charge in [0.1, 0.15) is 23.8 Å². The van der Waals surface area contributed by atoms with Gasteiger partial charge in [0.25, 0.3) is 5.91 Å². The quantitative estimate of drug-likeness (QED) is 0.447. The largest absolute Gasteiger partial charge is 0.496 e. The first kappa shape index (κ1) is 19.7. The number of carbonyl (C=O) groups is 1. The number of amides is 1. The molecule has 0 saturated carbocycles. The Morgan fingerprint density at radius 3 is 2.75 bits per heavy atom. The molecule has 0 saturated heterocycles. The van der Waals surface area contributed by atoms with Crippen LogP contribution in [0.1, 0.15) is 21.6 Å². The summed E-state index contributed by atoms with van der Waals surface area (Å²) < 4.78 is 11.1. The lowest BCUT2D eigenvalue weighted by atomic mass is 10.1. The van der Waals surface area contributed by atoms with E-state index in [-0.39, 0.29) is 12.5 Å². The van der Waals surface area contributed by atoms with Gasteiger partial charge in [-0.15, -0.1) is 0 Å². The summed E-state index contributed by atoms with van der Waals surface area (Å²) in [6.45, 7) is 0.229. The molecule has 1 amide bonds. The number of aromatic nitrogens is 2. The van der Waals surface area contributed by atoms with Crippen molar-refractivity contribution < 1.29 is 14.3 Å². The number of nitrogens with one attached hydrogen (secondary N) is 2. The number of nitrogens with zero attached hydrogens (tertiary/aromatic N) is 2. The SMILES string of the molecule is COc1ccc(/C=N\NC(=O)c2ccn[nH]2)cc1COc1ccc(Cl)cc1Cl. The van der Waals surface area contributed by atoms with Crippen LogP contribution >= 0.6 is 23.2 Å². The van der Waals surface area contributed by atoms with E-state index in [9.17, 15) is 4.79 Å². The number of hydrogen-bond donors (Lipinski definition) is 2. The van der Waals surface area contributed by atoms with E-state index in [2.05, 4.69) is 20.7 Å². The number of rotatable bonds is 7. The Bertz CT molecular complexity index is 991. The third kappa shape index (κ3) is 5.03. The fraction of sp³-hybridized carbons (Fsp3) is 0.105. The normalized spacial score (nSPS) is 10.8. The standard InChI is InChI=1S/C19H16Cl2N4O3/c1-27-17-4-2-12(10-23-25-19(26)16-6-7-22-24-16)8-13(17)11-28-18-5-3-14(20)9-15(18)21/h2-10H,11H2,1H3,(H,22,24)(H,25,26)/b23-10-. The zero-order valence-corrected chi connectivity index (χ0v) is 16.3. The van der Waals surface area contributed by atoms with Crippen LogP contribution in [0.2, 0.25) is 10.0 Å². The molecule has 3 aromatic rings. The van der Waals surface area contributed by atoms with E-state index in [1.165, 1.54) is 12.4 Å². The van der Waals surface area contributed by atoms with E-state index in [1.54, 1.807) is 37.4 Å². The van der Waals surface area contributed by atoms with Crippen LogP contribution in [0.3, 0.4) is 0 Å². The van der Waals surface area contributed by atoms with Crippen LogP contribution in [-0.4, -0.2) is 29.4 Å². The van der Waals surface area contributed by atoms with E-state index in [4.69, 9.17) is 32.7 Å². The zero-order chi connectivity index (χ0) is 19.9. The zero-order valence-electron chi connectivity index (χ0n) is 14.8. The minimum Gasteiger partial charge on any atom is -0.496 e. The maximum Gasteiger partial charge on any atom is 0.289 e. The first-order chi connectivity index (χ1) is 13.6. The van der Waals surface area contributed by atoms with Gasteiger partial charge in [-0.3, -0.25) is 9.89 Å². The minimum atomic E-state index is -0.386. The molecule has 28 heavy (non-hydrogen) atoms. The van der Waals surface area contributed by atoms with Crippen molar-refractivity contribution in [3.8, 4) is 11.5 Å². The molecule has 2 aromatic carbocycles. The van der Waals surface area contributed by atoms with Gasteiger partial charge in [-0.05, 0) is 48.0 Å². The lowest BCUT2D eigenvalue weighted by Gasteiger charge is -2.12. The van der Waals surface area contributed by atoms with E-state index >= 15 is 0 Å². The Labute approximate surface area is 171 Å². The van der Waals surface area contributed by atoms with Crippen LogP contribution < -0.4 is 14.9 Å². The number of H-pyrrole nitrogens is 1. The first-order valence-electron chi connectivity index (χ1n) is 8.14. The molecule has 1 aromatic heterocycles. The van der Waals surface area contributed by atoms with Gasteiger partial charge in [0.2, 0.25) is 0 Å². The summed E-state index contributed by atoms with van der Waals surface area (Å²) in [4.78, 5) is 11.8. The van der Waals surface area contributed by atoms with Gasteiger partial charge in [-0.25, -0.2) is 5.43 Å². The minimum absolute atomic E-state index is 0.229. The van der Waals surface area contributed by atoms with Crippen molar-refractivity contribution in [2.75, 3.05) is 7.11 Å². The lowest BCUT2D eigenvalue weighted by molar-refractivity contribution is 0.0950. The molecule has 9 heteroatoms. The molecule has 0 aliphatic carbocycles. The van der Waals surface area contributed by atoms with Gasteiger partial charge in [-0.2, -0.15) is 10.2 Å². The van der Waals surface area contributed by atoms with Crippen LogP contribution in [0.15, 0.2) is 53.8 Å². The van der Waals surface area contributed by atoms with Crippen molar-refractivity contribution in [2.45, 2.75) is 6.61 Å². The van der Waals surface area contributed by atoms with Gasteiger partial charge in [0, 0.05) is 16.8 Å². The molecule has 0 spiro atoms. The Hall–Kier alpha value is -3.03. The maximum absolute atomic E-state index is 11.8. The smallest absolute Gasteiger partial charge is 0.289 e. The van der Waals surface area contributed by atoms with Crippen LogP contribution in [0.5, 0.6) is 11.5 Å². The highest BCUT2D eigenvalue weighted by molar-refractivity contribution is 6.35. The number of carbonyl (C=O) groups excluding carboxylic acids is 1. The topological polar surface area (TPSA) is 88.6 Å². The van der Waals surface area contributed by atoms with E-state index in [0.29, 0.717) is 27.2 Å². The summed E-state index contributed by atoms with van der Waals surface area (Å²) >= 11 is 12.0. The number of methoxy groups -OCH3 is 1. The van der Waals surface area contributed by atoms with Crippen molar-refractivity contribution in [1.29, 1.82) is 0 Å².